The van der Waals surface area contributed by atoms with E-state index in [9.17, 15) is 9.18 Å². The first-order valence-electron chi connectivity index (χ1n) is 10.2. The molecule has 1 saturated heterocycles. The number of rotatable bonds is 4. The summed E-state index contributed by atoms with van der Waals surface area (Å²) in [6.07, 6.45) is 2.70. The first-order valence-corrected chi connectivity index (χ1v) is 10.2. The smallest absolute Gasteiger partial charge is 0.303 e. The molecule has 2 heterocycles. The minimum absolute atomic E-state index is 0.204. The maximum absolute atomic E-state index is 13.9. The fourth-order valence-corrected chi connectivity index (χ4v) is 4.41. The van der Waals surface area contributed by atoms with Gasteiger partial charge in [0.25, 0.3) is 0 Å². The van der Waals surface area contributed by atoms with E-state index in [1.54, 1.807) is 6.07 Å². The van der Waals surface area contributed by atoms with Gasteiger partial charge in [-0.2, -0.15) is 0 Å². The first-order chi connectivity index (χ1) is 14.0. The summed E-state index contributed by atoms with van der Waals surface area (Å²) < 4.78 is 19.9. The average molecular weight is 395 g/mol. The standard InChI is InChI=1S/C24H26FNO3/c1-16(6-9-23(27)28)26-12-10-17(11-13-26)24-20-8-7-19(25)14-18(20)15-29-22-5-3-2-4-21(22)24/h2-5,7-8,14,16H,6,9-13,15H2,1H3,(H,27,28). The number of carboxylic acid groups (broad SMARTS) is 1. The lowest BCUT2D eigenvalue weighted by atomic mass is 9.86. The van der Waals surface area contributed by atoms with Crippen molar-refractivity contribution in [1.29, 1.82) is 0 Å². The number of nitrogens with zero attached hydrogens (tertiary/aromatic N) is 1. The highest BCUT2D eigenvalue weighted by atomic mass is 19.1. The number of carboxylic acids is 1. The van der Waals surface area contributed by atoms with Gasteiger partial charge in [-0.15, -0.1) is 0 Å². The maximum Gasteiger partial charge on any atom is 0.303 e. The van der Waals surface area contributed by atoms with Crippen LogP contribution in [0.4, 0.5) is 4.39 Å². The third kappa shape index (κ3) is 4.20. The Balaban J connectivity index is 1.66. The Labute approximate surface area is 170 Å². The van der Waals surface area contributed by atoms with Crippen LogP contribution in [0, 0.1) is 5.82 Å². The lowest BCUT2D eigenvalue weighted by Gasteiger charge is -2.34. The first kappa shape index (κ1) is 19.6. The third-order valence-electron chi connectivity index (χ3n) is 6.03. The van der Waals surface area contributed by atoms with Gasteiger partial charge in [-0.3, -0.25) is 4.79 Å². The number of piperidine rings is 1. The second-order valence-corrected chi connectivity index (χ2v) is 7.88. The summed E-state index contributed by atoms with van der Waals surface area (Å²) >= 11 is 0. The highest BCUT2D eigenvalue weighted by Gasteiger charge is 2.26. The van der Waals surface area contributed by atoms with E-state index in [1.165, 1.54) is 17.2 Å². The van der Waals surface area contributed by atoms with Gasteiger partial charge in [0.15, 0.2) is 0 Å². The molecule has 1 unspecified atom stereocenters. The summed E-state index contributed by atoms with van der Waals surface area (Å²) in [4.78, 5) is 13.2. The number of aliphatic carboxylic acids is 1. The van der Waals surface area contributed by atoms with Gasteiger partial charge in [0, 0.05) is 36.7 Å². The fraction of sp³-hybridized carbons (Fsp3) is 0.375. The second kappa shape index (κ2) is 8.37. The van der Waals surface area contributed by atoms with Gasteiger partial charge < -0.3 is 14.7 Å². The zero-order chi connectivity index (χ0) is 20.4. The molecule has 29 heavy (non-hydrogen) atoms. The van der Waals surface area contributed by atoms with Crippen molar-refractivity contribution < 1.29 is 19.0 Å². The lowest BCUT2D eigenvalue weighted by Crippen LogP contribution is -2.38. The van der Waals surface area contributed by atoms with E-state index in [2.05, 4.69) is 17.9 Å². The van der Waals surface area contributed by atoms with Crippen molar-refractivity contribution >= 4 is 11.5 Å². The van der Waals surface area contributed by atoms with E-state index >= 15 is 0 Å². The quantitative estimate of drug-likeness (QED) is 0.803. The Hall–Kier alpha value is -2.66. The third-order valence-corrected chi connectivity index (χ3v) is 6.03. The molecule has 1 N–H and O–H groups in total. The van der Waals surface area contributed by atoms with E-state index in [0.717, 1.165) is 48.4 Å². The van der Waals surface area contributed by atoms with Crippen molar-refractivity contribution in [1.82, 2.24) is 4.90 Å². The molecule has 0 aliphatic carbocycles. The van der Waals surface area contributed by atoms with Crippen molar-refractivity contribution in [2.24, 2.45) is 0 Å². The van der Waals surface area contributed by atoms with Gasteiger partial charge in [0.05, 0.1) is 0 Å². The Morgan fingerprint density at radius 3 is 2.69 bits per heavy atom. The molecule has 0 amide bonds. The largest absolute Gasteiger partial charge is 0.488 e. The number of para-hydroxylation sites is 1. The molecule has 2 aliphatic rings. The molecule has 2 aromatic carbocycles. The van der Waals surface area contributed by atoms with Crippen LogP contribution < -0.4 is 4.74 Å². The van der Waals surface area contributed by atoms with Crippen LogP contribution in [-0.4, -0.2) is 35.1 Å². The van der Waals surface area contributed by atoms with E-state index in [1.807, 2.05) is 24.3 Å². The zero-order valence-corrected chi connectivity index (χ0v) is 16.7. The number of hydrogen-bond acceptors (Lipinski definition) is 3. The number of halogens is 1. The summed E-state index contributed by atoms with van der Waals surface area (Å²) in [7, 11) is 0. The molecule has 2 aliphatic heterocycles. The molecule has 0 spiro atoms. The number of hydrogen-bond donors (Lipinski definition) is 1. The zero-order valence-electron chi connectivity index (χ0n) is 16.7. The molecule has 4 rings (SSSR count). The molecule has 0 radical (unpaired) electrons. The van der Waals surface area contributed by atoms with Gasteiger partial charge in [0.2, 0.25) is 0 Å². The minimum Gasteiger partial charge on any atom is -0.488 e. The Bertz CT molecular complexity index is 943. The normalized spacial score (nSPS) is 17.7. The predicted molar refractivity (Wildman–Crippen MR) is 110 cm³/mol. The molecule has 0 saturated carbocycles. The summed E-state index contributed by atoms with van der Waals surface area (Å²) in [5, 5.41) is 8.94. The Morgan fingerprint density at radius 2 is 1.93 bits per heavy atom. The van der Waals surface area contributed by atoms with Gasteiger partial charge in [-0.25, -0.2) is 4.39 Å². The molecular weight excluding hydrogens is 369 g/mol. The Morgan fingerprint density at radius 1 is 1.17 bits per heavy atom. The molecule has 0 aromatic heterocycles. The van der Waals surface area contributed by atoms with E-state index < -0.39 is 5.97 Å². The molecule has 4 nitrogen and oxygen atoms in total. The van der Waals surface area contributed by atoms with Crippen LogP contribution in [0.15, 0.2) is 48.0 Å². The van der Waals surface area contributed by atoms with Gasteiger partial charge in [0.1, 0.15) is 18.2 Å². The van der Waals surface area contributed by atoms with E-state index in [0.29, 0.717) is 13.0 Å². The Kier molecular flexibility index (Phi) is 5.67. The monoisotopic (exact) mass is 395 g/mol. The SMILES string of the molecule is CC(CCC(=O)O)N1CCC(=C2c3ccc(F)cc3COc3ccccc32)CC1. The number of benzene rings is 2. The van der Waals surface area contributed by atoms with Crippen LogP contribution in [0.25, 0.3) is 5.57 Å². The van der Waals surface area contributed by atoms with Crippen molar-refractivity contribution in [3.63, 3.8) is 0 Å². The second-order valence-electron chi connectivity index (χ2n) is 7.88. The van der Waals surface area contributed by atoms with Crippen molar-refractivity contribution in [2.75, 3.05) is 13.1 Å². The number of likely N-dealkylation sites (tertiary alicyclic amines) is 1. The predicted octanol–water partition coefficient (Wildman–Crippen LogP) is 4.87. The highest BCUT2D eigenvalue weighted by Crippen LogP contribution is 2.41. The van der Waals surface area contributed by atoms with Crippen molar-refractivity contribution in [3.8, 4) is 5.75 Å². The summed E-state index contributed by atoms with van der Waals surface area (Å²) in [5.41, 5.74) is 5.53. The van der Waals surface area contributed by atoms with Crippen LogP contribution >= 0.6 is 0 Å². The summed E-state index contributed by atoms with van der Waals surface area (Å²) in [6.45, 7) is 4.27. The summed E-state index contributed by atoms with van der Waals surface area (Å²) in [5.74, 6) is -0.149. The highest BCUT2D eigenvalue weighted by molar-refractivity contribution is 5.87. The van der Waals surface area contributed by atoms with Crippen molar-refractivity contribution in [3.05, 3.63) is 70.5 Å². The molecule has 0 bridgehead atoms. The van der Waals surface area contributed by atoms with E-state index in [4.69, 9.17) is 9.84 Å². The van der Waals surface area contributed by atoms with Gasteiger partial charge in [-0.05, 0) is 55.5 Å². The van der Waals surface area contributed by atoms with Crippen LogP contribution in [0.1, 0.15) is 49.3 Å². The molecule has 5 heteroatoms. The lowest BCUT2D eigenvalue weighted by molar-refractivity contribution is -0.137. The molecule has 1 atom stereocenters. The van der Waals surface area contributed by atoms with Crippen LogP contribution in [-0.2, 0) is 11.4 Å². The fourth-order valence-electron chi connectivity index (χ4n) is 4.41. The topological polar surface area (TPSA) is 49.8 Å². The molecule has 152 valence electrons. The van der Waals surface area contributed by atoms with Crippen LogP contribution in [0.2, 0.25) is 0 Å². The summed E-state index contributed by atoms with van der Waals surface area (Å²) in [6, 6.07) is 13.3. The van der Waals surface area contributed by atoms with Gasteiger partial charge in [-0.1, -0.05) is 29.8 Å². The molecule has 2 aromatic rings. The molecular formula is C24H26FNO3. The number of carbonyl (C=O) groups is 1. The average Bonchev–Trinajstić information content (AvgIpc) is 2.88. The van der Waals surface area contributed by atoms with Crippen LogP contribution in [0.3, 0.4) is 0 Å². The van der Waals surface area contributed by atoms with Gasteiger partial charge >= 0.3 is 5.97 Å². The van der Waals surface area contributed by atoms with Crippen LogP contribution in [0.5, 0.6) is 5.75 Å². The number of ether oxygens (including phenoxy) is 1. The minimum atomic E-state index is -0.740. The maximum atomic E-state index is 13.9. The number of fused-ring (bicyclic) bond motifs is 2. The molecule has 1 fully saturated rings. The van der Waals surface area contributed by atoms with E-state index in [-0.39, 0.29) is 18.3 Å². The van der Waals surface area contributed by atoms with Crippen molar-refractivity contribution in [2.45, 2.75) is 45.3 Å².